The zero-order valence-electron chi connectivity index (χ0n) is 15.3. The number of methoxy groups -OCH3 is 1. The van der Waals surface area contributed by atoms with E-state index in [1.165, 1.54) is 0 Å². The van der Waals surface area contributed by atoms with Crippen molar-refractivity contribution in [3.8, 4) is 5.75 Å². The van der Waals surface area contributed by atoms with Gasteiger partial charge in [0.15, 0.2) is 5.92 Å². The van der Waals surface area contributed by atoms with Crippen molar-refractivity contribution in [3.05, 3.63) is 65.7 Å². The molecule has 2 aromatic rings. The first kappa shape index (κ1) is 19.5. The summed E-state index contributed by atoms with van der Waals surface area (Å²) in [6.45, 7) is 3.81. The summed E-state index contributed by atoms with van der Waals surface area (Å²) < 4.78 is 15.6. The largest absolute Gasteiger partial charge is 0.497 e. The third kappa shape index (κ3) is 4.63. The van der Waals surface area contributed by atoms with Crippen molar-refractivity contribution in [2.24, 2.45) is 5.92 Å². The highest BCUT2D eigenvalue weighted by Crippen LogP contribution is 2.34. The molecule has 0 fully saturated rings. The van der Waals surface area contributed by atoms with Crippen LogP contribution in [0.1, 0.15) is 30.9 Å². The van der Waals surface area contributed by atoms with Gasteiger partial charge in [0, 0.05) is 5.92 Å². The van der Waals surface area contributed by atoms with Gasteiger partial charge < -0.3 is 14.2 Å². The van der Waals surface area contributed by atoms with Crippen molar-refractivity contribution in [1.82, 2.24) is 0 Å². The minimum Gasteiger partial charge on any atom is -0.497 e. The minimum absolute atomic E-state index is 0.193. The van der Waals surface area contributed by atoms with Gasteiger partial charge in [-0.15, -0.1) is 0 Å². The van der Waals surface area contributed by atoms with Gasteiger partial charge in [-0.25, -0.2) is 0 Å². The summed E-state index contributed by atoms with van der Waals surface area (Å²) in [5, 5.41) is 0. The second-order valence-electron chi connectivity index (χ2n) is 5.64. The van der Waals surface area contributed by atoms with Crippen LogP contribution in [0.2, 0.25) is 0 Å². The average molecular weight is 356 g/mol. The molecule has 0 heterocycles. The fourth-order valence-corrected chi connectivity index (χ4v) is 2.88. The molecule has 0 saturated carbocycles. The summed E-state index contributed by atoms with van der Waals surface area (Å²) in [6.07, 6.45) is 0. The molecule has 0 aliphatic heterocycles. The van der Waals surface area contributed by atoms with Gasteiger partial charge >= 0.3 is 11.9 Å². The van der Waals surface area contributed by atoms with E-state index in [2.05, 4.69) is 0 Å². The molecule has 5 nitrogen and oxygen atoms in total. The Morgan fingerprint density at radius 1 is 0.808 bits per heavy atom. The van der Waals surface area contributed by atoms with E-state index in [9.17, 15) is 9.59 Å². The Labute approximate surface area is 153 Å². The summed E-state index contributed by atoms with van der Waals surface area (Å²) >= 11 is 0. The number of benzene rings is 2. The number of esters is 2. The summed E-state index contributed by atoms with van der Waals surface area (Å²) in [7, 11) is 1.59. The fraction of sp³-hybridized carbons (Fsp3) is 0.333. The van der Waals surface area contributed by atoms with Crippen LogP contribution in [0.15, 0.2) is 54.6 Å². The molecule has 0 aromatic heterocycles. The number of carbonyl (C=O) groups is 2. The normalized spacial score (nSPS) is 11.7. The molecule has 0 aliphatic rings. The molecule has 0 amide bonds. The monoisotopic (exact) mass is 356 g/mol. The number of ether oxygens (including phenoxy) is 3. The molecule has 2 aromatic carbocycles. The zero-order chi connectivity index (χ0) is 18.9. The van der Waals surface area contributed by atoms with Gasteiger partial charge in [-0.05, 0) is 37.1 Å². The van der Waals surface area contributed by atoms with Gasteiger partial charge in [-0.1, -0.05) is 42.5 Å². The Morgan fingerprint density at radius 2 is 1.31 bits per heavy atom. The number of hydrogen-bond acceptors (Lipinski definition) is 5. The summed E-state index contributed by atoms with van der Waals surface area (Å²) in [6, 6.07) is 16.7. The third-order valence-electron chi connectivity index (χ3n) is 4.05. The molecule has 0 saturated heterocycles. The van der Waals surface area contributed by atoms with Gasteiger partial charge in [0.05, 0.1) is 20.3 Å². The Kier molecular flexibility index (Phi) is 7.21. The van der Waals surface area contributed by atoms with E-state index >= 15 is 0 Å². The van der Waals surface area contributed by atoms with Crippen molar-refractivity contribution in [1.29, 1.82) is 0 Å². The number of carbonyl (C=O) groups excluding carboxylic acids is 2. The molecule has 5 heteroatoms. The van der Waals surface area contributed by atoms with Crippen LogP contribution in [0.4, 0.5) is 0 Å². The molecule has 2 rings (SSSR count). The average Bonchev–Trinajstić information content (AvgIpc) is 2.67. The lowest BCUT2D eigenvalue weighted by atomic mass is 9.80. The van der Waals surface area contributed by atoms with E-state index in [0.717, 1.165) is 11.1 Å². The van der Waals surface area contributed by atoms with E-state index in [4.69, 9.17) is 14.2 Å². The van der Waals surface area contributed by atoms with Crippen molar-refractivity contribution >= 4 is 11.9 Å². The van der Waals surface area contributed by atoms with Crippen LogP contribution in [0.25, 0.3) is 0 Å². The highest BCUT2D eigenvalue weighted by atomic mass is 16.6. The zero-order valence-corrected chi connectivity index (χ0v) is 15.3. The first-order valence-electron chi connectivity index (χ1n) is 8.64. The van der Waals surface area contributed by atoms with Crippen molar-refractivity contribution in [2.75, 3.05) is 20.3 Å². The van der Waals surface area contributed by atoms with Crippen LogP contribution in [0, 0.1) is 5.92 Å². The van der Waals surface area contributed by atoms with Crippen LogP contribution < -0.4 is 4.74 Å². The number of hydrogen-bond donors (Lipinski definition) is 0. The SMILES string of the molecule is CCOC(=O)C(C(=O)OCC)C(c1ccccc1)c1ccc(OC)cc1. The van der Waals surface area contributed by atoms with Crippen LogP contribution in [-0.4, -0.2) is 32.3 Å². The van der Waals surface area contributed by atoms with Crippen molar-refractivity contribution in [2.45, 2.75) is 19.8 Å². The van der Waals surface area contributed by atoms with Gasteiger partial charge in [0.1, 0.15) is 5.75 Å². The Morgan fingerprint density at radius 3 is 1.77 bits per heavy atom. The molecule has 1 unspecified atom stereocenters. The standard InChI is InChI=1S/C21H24O5/c1-4-25-20(22)19(21(23)26-5-2)18(15-9-7-6-8-10-15)16-11-13-17(24-3)14-12-16/h6-14,18-19H,4-5H2,1-3H3. The van der Waals surface area contributed by atoms with E-state index in [0.29, 0.717) is 5.75 Å². The smallest absolute Gasteiger partial charge is 0.321 e. The molecule has 1 atom stereocenters. The predicted molar refractivity (Wildman–Crippen MR) is 98.0 cm³/mol. The Bertz CT molecular complexity index is 691. The Balaban J connectivity index is 2.54. The summed E-state index contributed by atoms with van der Waals surface area (Å²) in [5.41, 5.74) is 1.65. The summed E-state index contributed by atoms with van der Waals surface area (Å²) in [4.78, 5) is 25.2. The second-order valence-corrected chi connectivity index (χ2v) is 5.64. The lowest BCUT2D eigenvalue weighted by molar-refractivity contribution is -0.162. The number of rotatable bonds is 8. The molecule has 0 bridgehead atoms. The molecule has 0 N–H and O–H groups in total. The third-order valence-corrected chi connectivity index (χ3v) is 4.05. The highest BCUT2D eigenvalue weighted by molar-refractivity contribution is 5.96. The lowest BCUT2D eigenvalue weighted by Gasteiger charge is -2.25. The molecule has 0 aliphatic carbocycles. The molecule has 0 radical (unpaired) electrons. The van der Waals surface area contributed by atoms with Crippen LogP contribution >= 0.6 is 0 Å². The van der Waals surface area contributed by atoms with Gasteiger partial charge in [0.2, 0.25) is 0 Å². The topological polar surface area (TPSA) is 61.8 Å². The van der Waals surface area contributed by atoms with E-state index in [-0.39, 0.29) is 13.2 Å². The first-order chi connectivity index (χ1) is 12.6. The van der Waals surface area contributed by atoms with E-state index in [1.807, 2.05) is 42.5 Å². The Hall–Kier alpha value is -2.82. The predicted octanol–water partition coefficient (Wildman–Crippen LogP) is 3.57. The van der Waals surface area contributed by atoms with Gasteiger partial charge in [0.25, 0.3) is 0 Å². The highest BCUT2D eigenvalue weighted by Gasteiger charge is 2.39. The van der Waals surface area contributed by atoms with Crippen molar-refractivity contribution in [3.63, 3.8) is 0 Å². The summed E-state index contributed by atoms with van der Waals surface area (Å²) in [5.74, 6) is -2.07. The van der Waals surface area contributed by atoms with E-state index < -0.39 is 23.8 Å². The lowest BCUT2D eigenvalue weighted by Crippen LogP contribution is -2.34. The molecular weight excluding hydrogens is 332 g/mol. The van der Waals surface area contributed by atoms with Crippen LogP contribution in [0.3, 0.4) is 0 Å². The van der Waals surface area contributed by atoms with Crippen molar-refractivity contribution < 1.29 is 23.8 Å². The molecule has 26 heavy (non-hydrogen) atoms. The maximum Gasteiger partial charge on any atom is 0.321 e. The second kappa shape index (κ2) is 9.61. The van der Waals surface area contributed by atoms with Crippen LogP contribution in [0.5, 0.6) is 5.75 Å². The molecular formula is C21H24O5. The van der Waals surface area contributed by atoms with Gasteiger partial charge in [-0.2, -0.15) is 0 Å². The van der Waals surface area contributed by atoms with Gasteiger partial charge in [-0.3, -0.25) is 9.59 Å². The van der Waals surface area contributed by atoms with E-state index in [1.54, 1.807) is 33.1 Å². The quantitative estimate of drug-likeness (QED) is 0.534. The first-order valence-corrected chi connectivity index (χ1v) is 8.64. The minimum atomic E-state index is -1.08. The molecule has 138 valence electrons. The fourth-order valence-electron chi connectivity index (χ4n) is 2.88. The van der Waals surface area contributed by atoms with Crippen LogP contribution in [-0.2, 0) is 19.1 Å². The molecule has 0 spiro atoms. The maximum absolute atomic E-state index is 12.6. The maximum atomic E-state index is 12.6.